The smallest absolute Gasteiger partial charge is 0.433 e. The fourth-order valence-corrected chi connectivity index (χ4v) is 1.21. The van der Waals surface area contributed by atoms with Crippen molar-refractivity contribution < 1.29 is 17.9 Å². The fourth-order valence-electron chi connectivity index (χ4n) is 0.675. The number of nitrogens with one attached hydrogen (secondary N) is 1. The number of nitrogens with zero attached hydrogens (tertiary/aromatic N) is 1. The van der Waals surface area contributed by atoms with Gasteiger partial charge in [-0.1, -0.05) is 0 Å². The van der Waals surface area contributed by atoms with Gasteiger partial charge < -0.3 is 4.74 Å². The molecule has 0 saturated heterocycles. The van der Waals surface area contributed by atoms with Crippen molar-refractivity contribution in [3.63, 3.8) is 0 Å². The van der Waals surface area contributed by atoms with E-state index in [9.17, 15) is 13.2 Å². The Morgan fingerprint density at radius 2 is 2.00 bits per heavy atom. The summed E-state index contributed by atoms with van der Waals surface area (Å²) in [4.78, 5) is 14.5. The van der Waals surface area contributed by atoms with Gasteiger partial charge in [-0.2, -0.15) is 4.99 Å². The number of amides is 1. The first-order valence-electron chi connectivity index (χ1n) is 4.89. The maximum absolute atomic E-state index is 11.1. The van der Waals surface area contributed by atoms with Crippen LogP contribution in [0.4, 0.5) is 4.79 Å². The molecule has 0 rings (SSSR count). The second-order valence-corrected chi connectivity index (χ2v) is 6.14. The molecule has 0 aromatic heterocycles. The minimum absolute atomic E-state index is 0.00667. The average molecular weight is 250 g/mol. The van der Waals surface area contributed by atoms with Gasteiger partial charge in [0.05, 0.1) is 5.75 Å². The molecule has 0 radical (unpaired) electrons. The number of carbonyl (C=O) groups is 1. The molecule has 0 aromatic carbocycles. The lowest BCUT2D eigenvalue weighted by Gasteiger charge is -2.17. The first kappa shape index (κ1) is 15.0. The summed E-state index contributed by atoms with van der Waals surface area (Å²) in [6.07, 6.45) is 0.435. The minimum atomic E-state index is -3.25. The van der Waals surface area contributed by atoms with Gasteiger partial charge in [0, 0.05) is 12.8 Å². The van der Waals surface area contributed by atoms with Crippen LogP contribution in [0.5, 0.6) is 0 Å². The van der Waals surface area contributed by atoms with Gasteiger partial charge in [0.15, 0.2) is 0 Å². The Bertz CT molecular complexity index is 354. The van der Waals surface area contributed by atoms with E-state index in [2.05, 4.69) is 9.71 Å². The number of hydrogen-bond acceptors (Lipinski definition) is 4. The molecule has 0 aromatic rings. The number of aliphatic imine (C=N–C) groups is 1. The van der Waals surface area contributed by atoms with Crippen LogP contribution in [0.15, 0.2) is 4.99 Å². The second kappa shape index (κ2) is 5.95. The van der Waals surface area contributed by atoms with Gasteiger partial charge >= 0.3 is 6.09 Å². The van der Waals surface area contributed by atoms with Crippen molar-refractivity contribution in [2.45, 2.75) is 33.3 Å². The molecule has 0 saturated carbocycles. The van der Waals surface area contributed by atoms with Crippen LogP contribution in [0.25, 0.3) is 0 Å². The highest BCUT2D eigenvalue weighted by atomic mass is 32.2. The molecular weight excluding hydrogens is 232 g/mol. The SMILES string of the molecule is CCS(=O)(=O)NCC=NC(=O)OC(C)(C)C. The quantitative estimate of drug-likeness (QED) is 0.752. The molecule has 6 nitrogen and oxygen atoms in total. The van der Waals surface area contributed by atoms with Crippen molar-refractivity contribution in [1.82, 2.24) is 4.72 Å². The van der Waals surface area contributed by atoms with E-state index in [-0.39, 0.29) is 12.3 Å². The molecule has 0 aliphatic heterocycles. The summed E-state index contributed by atoms with van der Waals surface area (Å²) in [5.41, 5.74) is -0.600. The summed E-state index contributed by atoms with van der Waals surface area (Å²) in [6, 6.07) is 0. The normalized spacial score (nSPS) is 13.0. The largest absolute Gasteiger partial charge is 0.442 e. The van der Waals surface area contributed by atoms with Crippen LogP contribution in [0, 0.1) is 0 Å². The highest BCUT2D eigenvalue weighted by Crippen LogP contribution is 2.07. The van der Waals surface area contributed by atoms with Crippen LogP contribution in [-0.4, -0.2) is 38.6 Å². The zero-order valence-electron chi connectivity index (χ0n) is 9.98. The molecule has 16 heavy (non-hydrogen) atoms. The van der Waals surface area contributed by atoms with Gasteiger partial charge in [-0.3, -0.25) is 0 Å². The van der Waals surface area contributed by atoms with E-state index in [1.165, 1.54) is 13.1 Å². The highest BCUT2D eigenvalue weighted by Gasteiger charge is 2.14. The third kappa shape index (κ3) is 8.37. The van der Waals surface area contributed by atoms with Crippen molar-refractivity contribution in [3.8, 4) is 0 Å². The third-order valence-corrected chi connectivity index (χ3v) is 2.73. The average Bonchev–Trinajstić information content (AvgIpc) is 2.10. The van der Waals surface area contributed by atoms with Crippen molar-refractivity contribution in [2.24, 2.45) is 4.99 Å². The number of hydrogen-bond donors (Lipinski definition) is 1. The van der Waals surface area contributed by atoms with Gasteiger partial charge in [0.1, 0.15) is 5.60 Å². The van der Waals surface area contributed by atoms with E-state index in [1.54, 1.807) is 20.8 Å². The Morgan fingerprint density at radius 1 is 1.44 bits per heavy atom. The predicted octanol–water partition coefficient (Wildman–Crippen LogP) is 0.932. The van der Waals surface area contributed by atoms with Crippen LogP contribution in [0.3, 0.4) is 0 Å². The molecule has 0 bridgehead atoms. The summed E-state index contributed by atoms with van der Waals surface area (Å²) >= 11 is 0. The fraction of sp³-hybridized carbons (Fsp3) is 0.778. The Hall–Kier alpha value is -0.950. The zero-order chi connectivity index (χ0) is 12.8. The van der Waals surface area contributed by atoms with Crippen LogP contribution in [0.2, 0.25) is 0 Å². The molecule has 1 amide bonds. The van der Waals surface area contributed by atoms with Crippen LogP contribution < -0.4 is 4.72 Å². The predicted molar refractivity (Wildman–Crippen MR) is 62.2 cm³/mol. The maximum atomic E-state index is 11.1. The van der Waals surface area contributed by atoms with Crippen LogP contribution >= 0.6 is 0 Å². The van der Waals surface area contributed by atoms with Gasteiger partial charge in [0.2, 0.25) is 10.0 Å². The summed E-state index contributed by atoms with van der Waals surface area (Å²) in [5, 5.41) is 0. The van der Waals surface area contributed by atoms with Crippen molar-refractivity contribution >= 4 is 22.3 Å². The molecule has 0 heterocycles. The Morgan fingerprint density at radius 3 is 2.44 bits per heavy atom. The lowest BCUT2D eigenvalue weighted by atomic mass is 10.2. The van der Waals surface area contributed by atoms with E-state index in [0.29, 0.717) is 0 Å². The number of carbonyl (C=O) groups excluding carboxylic acids is 1. The highest BCUT2D eigenvalue weighted by molar-refractivity contribution is 7.89. The molecule has 0 aliphatic carbocycles. The van der Waals surface area contributed by atoms with E-state index in [0.717, 1.165) is 0 Å². The Kier molecular flexibility index (Phi) is 5.60. The summed E-state index contributed by atoms with van der Waals surface area (Å²) in [7, 11) is -3.25. The molecule has 1 N–H and O–H groups in total. The molecule has 0 fully saturated rings. The molecule has 0 spiro atoms. The maximum Gasteiger partial charge on any atom is 0.433 e. The summed E-state index contributed by atoms with van der Waals surface area (Å²) in [6.45, 7) is 6.67. The summed E-state index contributed by atoms with van der Waals surface area (Å²) < 4.78 is 29.1. The lowest BCUT2D eigenvalue weighted by Crippen LogP contribution is -2.27. The van der Waals surface area contributed by atoms with Crippen LogP contribution in [-0.2, 0) is 14.8 Å². The van der Waals surface area contributed by atoms with Crippen molar-refractivity contribution in [2.75, 3.05) is 12.3 Å². The first-order chi connectivity index (χ1) is 7.16. The monoisotopic (exact) mass is 250 g/mol. The number of sulfonamides is 1. The molecule has 7 heteroatoms. The van der Waals surface area contributed by atoms with Crippen molar-refractivity contribution in [1.29, 1.82) is 0 Å². The molecule has 0 atom stereocenters. The van der Waals surface area contributed by atoms with E-state index < -0.39 is 21.7 Å². The molecular formula is C9H18N2O4S. The Labute approximate surface area is 96.1 Å². The second-order valence-electron chi connectivity index (χ2n) is 4.04. The standard InChI is InChI=1S/C9H18N2O4S/c1-5-16(13,14)11-7-6-10-8(12)15-9(2,3)4/h6,11H,5,7H2,1-4H3. The molecule has 94 valence electrons. The van der Waals surface area contributed by atoms with E-state index in [1.807, 2.05) is 0 Å². The number of rotatable bonds is 4. The van der Waals surface area contributed by atoms with Gasteiger partial charge in [-0.15, -0.1) is 0 Å². The van der Waals surface area contributed by atoms with Crippen molar-refractivity contribution in [3.05, 3.63) is 0 Å². The van der Waals surface area contributed by atoms with Crippen LogP contribution in [0.1, 0.15) is 27.7 Å². The number of ether oxygens (including phenoxy) is 1. The molecule has 0 aliphatic rings. The zero-order valence-corrected chi connectivity index (χ0v) is 10.8. The third-order valence-electron chi connectivity index (χ3n) is 1.36. The van der Waals surface area contributed by atoms with E-state index in [4.69, 9.17) is 4.74 Å². The van der Waals surface area contributed by atoms with Gasteiger partial charge in [-0.05, 0) is 27.7 Å². The van der Waals surface area contributed by atoms with Gasteiger partial charge in [0.25, 0.3) is 0 Å². The Balaban J connectivity index is 3.99. The van der Waals surface area contributed by atoms with E-state index >= 15 is 0 Å². The minimum Gasteiger partial charge on any atom is -0.442 e. The topological polar surface area (TPSA) is 84.8 Å². The first-order valence-corrected chi connectivity index (χ1v) is 6.54. The summed E-state index contributed by atoms with van der Waals surface area (Å²) in [5.74, 6) is -0.00667. The lowest BCUT2D eigenvalue weighted by molar-refractivity contribution is 0.0605. The van der Waals surface area contributed by atoms with Gasteiger partial charge in [-0.25, -0.2) is 17.9 Å². The molecule has 0 unspecified atom stereocenters.